The van der Waals surface area contributed by atoms with Gasteiger partial charge in [0.25, 0.3) is 0 Å². The molecule has 2 unspecified atom stereocenters. The van der Waals surface area contributed by atoms with E-state index < -0.39 is 6.10 Å². The fraction of sp³-hybridized carbons (Fsp3) is 0.556. The maximum Gasteiger partial charge on any atom is 0.106 e. The number of rotatable bonds is 3. The summed E-state index contributed by atoms with van der Waals surface area (Å²) in [5.41, 5.74) is 0.951. The molecule has 0 fully saturated rings. The van der Waals surface area contributed by atoms with Crippen molar-refractivity contribution in [2.45, 2.75) is 26.1 Å². The number of thiophene rings is 1. The van der Waals surface area contributed by atoms with E-state index >= 15 is 0 Å². The van der Waals surface area contributed by atoms with Crippen molar-refractivity contribution in [2.75, 3.05) is 7.11 Å². The van der Waals surface area contributed by atoms with Gasteiger partial charge in [0.2, 0.25) is 0 Å². The summed E-state index contributed by atoms with van der Waals surface area (Å²) in [5.74, 6) is 0. The Morgan fingerprint density at radius 3 is 2.67 bits per heavy atom. The van der Waals surface area contributed by atoms with E-state index in [2.05, 4.69) is 0 Å². The van der Waals surface area contributed by atoms with Crippen molar-refractivity contribution < 1.29 is 9.84 Å². The standard InChI is InChI=1S/C9H14O2S/c1-6-4-8(5-12-6)9(10)7(2)11-3/h4-5,7,9-10H,1-3H3. The van der Waals surface area contributed by atoms with E-state index in [1.165, 1.54) is 4.88 Å². The molecule has 68 valence electrons. The zero-order valence-corrected chi connectivity index (χ0v) is 8.39. The van der Waals surface area contributed by atoms with Crippen LogP contribution in [-0.4, -0.2) is 18.3 Å². The Kier molecular flexibility index (Phi) is 3.26. The summed E-state index contributed by atoms with van der Waals surface area (Å²) in [6.45, 7) is 3.88. The molecule has 0 aliphatic rings. The van der Waals surface area contributed by atoms with Crippen LogP contribution >= 0.6 is 11.3 Å². The van der Waals surface area contributed by atoms with Crippen molar-refractivity contribution >= 4 is 11.3 Å². The molecule has 1 aromatic heterocycles. The number of hydrogen-bond donors (Lipinski definition) is 1. The van der Waals surface area contributed by atoms with Gasteiger partial charge in [0, 0.05) is 12.0 Å². The monoisotopic (exact) mass is 186 g/mol. The second-order valence-corrected chi connectivity index (χ2v) is 3.99. The summed E-state index contributed by atoms with van der Waals surface area (Å²) in [4.78, 5) is 1.22. The third-order valence-corrected chi connectivity index (χ3v) is 2.79. The zero-order valence-electron chi connectivity index (χ0n) is 7.57. The van der Waals surface area contributed by atoms with Crippen LogP contribution in [0.1, 0.15) is 23.5 Å². The van der Waals surface area contributed by atoms with Crippen molar-refractivity contribution in [3.05, 3.63) is 21.9 Å². The molecule has 0 saturated carbocycles. The van der Waals surface area contributed by atoms with Gasteiger partial charge in [-0.1, -0.05) is 0 Å². The van der Waals surface area contributed by atoms with E-state index in [9.17, 15) is 5.11 Å². The lowest BCUT2D eigenvalue weighted by Gasteiger charge is -2.15. The lowest BCUT2D eigenvalue weighted by molar-refractivity contribution is -0.00122. The van der Waals surface area contributed by atoms with Crippen LogP contribution in [0.15, 0.2) is 11.4 Å². The van der Waals surface area contributed by atoms with Gasteiger partial charge in [-0.15, -0.1) is 11.3 Å². The Morgan fingerprint density at radius 1 is 1.58 bits per heavy atom. The lowest BCUT2D eigenvalue weighted by Crippen LogP contribution is -2.15. The van der Waals surface area contributed by atoms with Crippen LogP contribution in [0.4, 0.5) is 0 Å². The van der Waals surface area contributed by atoms with Gasteiger partial charge < -0.3 is 9.84 Å². The molecule has 1 N–H and O–H groups in total. The molecule has 0 saturated heterocycles. The van der Waals surface area contributed by atoms with Crippen molar-refractivity contribution in [3.63, 3.8) is 0 Å². The van der Waals surface area contributed by atoms with E-state index in [1.54, 1.807) is 18.4 Å². The first kappa shape index (κ1) is 9.71. The Balaban J connectivity index is 2.70. The van der Waals surface area contributed by atoms with Crippen LogP contribution in [0.2, 0.25) is 0 Å². The first-order chi connectivity index (χ1) is 5.65. The molecule has 0 aliphatic heterocycles. The van der Waals surface area contributed by atoms with E-state index in [0.717, 1.165) is 5.56 Å². The van der Waals surface area contributed by atoms with Crippen LogP contribution in [0.5, 0.6) is 0 Å². The van der Waals surface area contributed by atoms with Crippen molar-refractivity contribution in [3.8, 4) is 0 Å². The Hall–Kier alpha value is -0.380. The number of aliphatic hydroxyl groups excluding tert-OH is 1. The van der Waals surface area contributed by atoms with E-state index in [-0.39, 0.29) is 6.10 Å². The minimum atomic E-state index is -0.500. The molecule has 0 aliphatic carbocycles. The Labute approximate surface area is 76.8 Å². The average molecular weight is 186 g/mol. The molecule has 1 heterocycles. The fourth-order valence-electron chi connectivity index (χ4n) is 1.02. The number of aliphatic hydroxyl groups is 1. The Morgan fingerprint density at radius 2 is 2.25 bits per heavy atom. The molecule has 1 rings (SSSR count). The number of hydrogen-bond acceptors (Lipinski definition) is 3. The fourth-order valence-corrected chi connectivity index (χ4v) is 1.75. The average Bonchev–Trinajstić information content (AvgIpc) is 2.49. The van der Waals surface area contributed by atoms with Gasteiger partial charge in [-0.25, -0.2) is 0 Å². The topological polar surface area (TPSA) is 29.5 Å². The van der Waals surface area contributed by atoms with Crippen LogP contribution in [0.25, 0.3) is 0 Å². The maximum absolute atomic E-state index is 9.68. The molecule has 0 radical (unpaired) electrons. The van der Waals surface area contributed by atoms with Crippen molar-refractivity contribution in [2.24, 2.45) is 0 Å². The highest BCUT2D eigenvalue weighted by Gasteiger charge is 2.16. The van der Waals surface area contributed by atoms with E-state index in [4.69, 9.17) is 4.74 Å². The summed E-state index contributed by atoms with van der Waals surface area (Å²) in [6.07, 6.45) is -0.640. The molecule has 3 heteroatoms. The molecule has 1 aromatic rings. The molecule has 0 amide bonds. The van der Waals surface area contributed by atoms with Crippen molar-refractivity contribution in [1.82, 2.24) is 0 Å². The lowest BCUT2D eigenvalue weighted by atomic mass is 10.1. The van der Waals surface area contributed by atoms with Gasteiger partial charge >= 0.3 is 0 Å². The minimum absolute atomic E-state index is 0.140. The van der Waals surface area contributed by atoms with Gasteiger partial charge in [-0.05, 0) is 30.9 Å². The molecular weight excluding hydrogens is 172 g/mol. The highest BCUT2D eigenvalue weighted by molar-refractivity contribution is 7.10. The third-order valence-electron chi connectivity index (χ3n) is 1.91. The Bertz CT molecular complexity index is 244. The molecule has 12 heavy (non-hydrogen) atoms. The summed E-state index contributed by atoms with van der Waals surface area (Å²) in [6, 6.07) is 1.99. The normalized spacial score (nSPS) is 16.0. The van der Waals surface area contributed by atoms with Gasteiger partial charge in [-0.3, -0.25) is 0 Å². The minimum Gasteiger partial charge on any atom is -0.386 e. The quantitative estimate of drug-likeness (QED) is 0.783. The summed E-state index contributed by atoms with van der Waals surface area (Å²) in [5, 5.41) is 11.7. The van der Waals surface area contributed by atoms with Gasteiger partial charge in [-0.2, -0.15) is 0 Å². The molecule has 2 nitrogen and oxygen atoms in total. The number of aryl methyl sites for hydroxylation is 1. The summed E-state index contributed by atoms with van der Waals surface area (Å²) >= 11 is 1.65. The summed E-state index contributed by atoms with van der Waals surface area (Å²) in [7, 11) is 1.60. The molecular formula is C9H14O2S. The van der Waals surface area contributed by atoms with E-state index in [0.29, 0.717) is 0 Å². The third kappa shape index (κ3) is 2.06. The second-order valence-electron chi connectivity index (χ2n) is 2.88. The largest absolute Gasteiger partial charge is 0.386 e. The molecule has 0 aromatic carbocycles. The maximum atomic E-state index is 9.68. The SMILES string of the molecule is COC(C)C(O)c1csc(C)c1. The first-order valence-electron chi connectivity index (χ1n) is 3.91. The van der Waals surface area contributed by atoms with Crippen molar-refractivity contribution in [1.29, 1.82) is 0 Å². The predicted octanol–water partition coefficient (Wildman–Crippen LogP) is 2.12. The second kappa shape index (κ2) is 4.03. The molecule has 0 bridgehead atoms. The van der Waals surface area contributed by atoms with Gasteiger partial charge in [0.15, 0.2) is 0 Å². The van der Waals surface area contributed by atoms with Crippen LogP contribution in [-0.2, 0) is 4.74 Å². The van der Waals surface area contributed by atoms with Gasteiger partial charge in [0.05, 0.1) is 6.10 Å². The predicted molar refractivity (Wildman–Crippen MR) is 50.5 cm³/mol. The highest BCUT2D eigenvalue weighted by Crippen LogP contribution is 2.23. The van der Waals surface area contributed by atoms with Gasteiger partial charge in [0.1, 0.15) is 6.10 Å². The number of methoxy groups -OCH3 is 1. The van der Waals surface area contributed by atoms with Crippen LogP contribution in [0, 0.1) is 6.92 Å². The van der Waals surface area contributed by atoms with Crippen LogP contribution in [0.3, 0.4) is 0 Å². The first-order valence-corrected chi connectivity index (χ1v) is 4.79. The smallest absolute Gasteiger partial charge is 0.106 e. The zero-order chi connectivity index (χ0) is 9.14. The van der Waals surface area contributed by atoms with E-state index in [1.807, 2.05) is 25.3 Å². The van der Waals surface area contributed by atoms with Crippen LogP contribution < -0.4 is 0 Å². The number of ether oxygens (including phenoxy) is 1. The summed E-state index contributed by atoms with van der Waals surface area (Å²) < 4.78 is 5.03. The highest BCUT2D eigenvalue weighted by atomic mass is 32.1. The molecule has 0 spiro atoms. The molecule has 2 atom stereocenters.